The van der Waals surface area contributed by atoms with Gasteiger partial charge in [-0.25, -0.2) is 4.79 Å². The van der Waals surface area contributed by atoms with Gasteiger partial charge in [-0.2, -0.15) is 5.10 Å². The molecule has 0 spiro atoms. The third-order valence-electron chi connectivity index (χ3n) is 4.17. The summed E-state index contributed by atoms with van der Waals surface area (Å²) in [5.74, 6) is -0.832. The van der Waals surface area contributed by atoms with Gasteiger partial charge < -0.3 is 10.1 Å². The lowest BCUT2D eigenvalue weighted by molar-refractivity contribution is -0.130. The Morgan fingerprint density at radius 1 is 1.16 bits per heavy atom. The van der Waals surface area contributed by atoms with E-state index in [4.69, 9.17) is 4.74 Å². The minimum atomic E-state index is -0.966. The van der Waals surface area contributed by atoms with Crippen LogP contribution in [0.25, 0.3) is 10.9 Å². The second kappa shape index (κ2) is 6.39. The van der Waals surface area contributed by atoms with Gasteiger partial charge in [-0.3, -0.25) is 9.89 Å². The molecule has 1 atom stereocenters. The number of ether oxygens (including phenoxy) is 1. The summed E-state index contributed by atoms with van der Waals surface area (Å²) in [7, 11) is 0. The van der Waals surface area contributed by atoms with Crippen LogP contribution in [0.2, 0.25) is 0 Å². The van der Waals surface area contributed by atoms with Crippen molar-refractivity contribution < 1.29 is 14.3 Å². The molecule has 2 aromatic carbocycles. The lowest BCUT2D eigenvalue weighted by Gasteiger charge is -2.18. The predicted octanol–water partition coefficient (Wildman–Crippen LogP) is 2.74. The van der Waals surface area contributed by atoms with Crippen molar-refractivity contribution >= 4 is 22.8 Å². The van der Waals surface area contributed by atoms with E-state index in [1.54, 1.807) is 36.5 Å². The van der Waals surface area contributed by atoms with Gasteiger partial charge in [0.1, 0.15) is 0 Å². The molecule has 1 amide bonds. The minimum Gasteiger partial charge on any atom is -0.444 e. The number of fused-ring (bicyclic) bond motifs is 1. The van der Waals surface area contributed by atoms with E-state index in [2.05, 4.69) is 15.5 Å². The van der Waals surface area contributed by atoms with E-state index < -0.39 is 12.1 Å². The van der Waals surface area contributed by atoms with Crippen LogP contribution in [0.5, 0.6) is 0 Å². The molecule has 126 valence electrons. The van der Waals surface area contributed by atoms with Crippen molar-refractivity contribution in [2.24, 2.45) is 0 Å². The number of rotatable bonds is 5. The molecule has 1 saturated carbocycles. The molecule has 25 heavy (non-hydrogen) atoms. The number of nitrogens with one attached hydrogen (secondary N) is 2. The molecule has 4 rings (SSSR count). The van der Waals surface area contributed by atoms with E-state index in [0.717, 1.165) is 23.7 Å². The number of carbonyl (C=O) groups excluding carboxylic acids is 2. The Morgan fingerprint density at radius 2 is 1.96 bits per heavy atom. The molecular formula is C19H17N3O3. The van der Waals surface area contributed by atoms with E-state index in [1.807, 2.05) is 18.2 Å². The first kappa shape index (κ1) is 15.4. The van der Waals surface area contributed by atoms with Crippen LogP contribution in [-0.2, 0) is 9.53 Å². The Morgan fingerprint density at radius 3 is 2.72 bits per heavy atom. The van der Waals surface area contributed by atoms with Crippen molar-refractivity contribution in [1.29, 1.82) is 0 Å². The van der Waals surface area contributed by atoms with E-state index >= 15 is 0 Å². The molecular weight excluding hydrogens is 318 g/mol. The molecule has 1 aromatic heterocycles. The van der Waals surface area contributed by atoms with Crippen molar-refractivity contribution in [2.45, 2.75) is 25.0 Å². The largest absolute Gasteiger partial charge is 0.444 e. The number of hydrogen-bond acceptors (Lipinski definition) is 4. The number of H-pyrrole nitrogens is 1. The molecule has 2 N–H and O–H groups in total. The van der Waals surface area contributed by atoms with E-state index in [1.165, 1.54) is 0 Å². The number of aromatic amines is 1. The lowest BCUT2D eigenvalue weighted by atomic mass is 10.1. The monoisotopic (exact) mass is 335 g/mol. The molecule has 0 bridgehead atoms. The second-order valence-electron chi connectivity index (χ2n) is 6.15. The Bertz CT molecular complexity index is 916. The average molecular weight is 335 g/mol. The minimum absolute atomic E-state index is 0.193. The number of hydrogen-bond donors (Lipinski definition) is 2. The zero-order valence-corrected chi connectivity index (χ0v) is 13.4. The highest BCUT2D eigenvalue weighted by molar-refractivity contribution is 5.96. The Kier molecular flexibility index (Phi) is 3.93. The van der Waals surface area contributed by atoms with E-state index in [-0.39, 0.29) is 11.9 Å². The Balaban J connectivity index is 1.58. The van der Waals surface area contributed by atoms with Gasteiger partial charge in [-0.1, -0.05) is 36.4 Å². The van der Waals surface area contributed by atoms with Gasteiger partial charge in [0, 0.05) is 17.0 Å². The fraction of sp³-hybridized carbons (Fsp3) is 0.211. The molecule has 6 heteroatoms. The zero-order chi connectivity index (χ0) is 17.2. The molecule has 1 fully saturated rings. The standard InChI is InChI=1S/C19H17N3O3/c23-18(21-15-8-9-15)17(12-4-2-1-3-5-12)25-19(24)13-6-7-14-11-20-22-16(14)10-13/h1-7,10-11,15,17H,8-9H2,(H,20,22)(H,21,23)/t17-/m1/s1. The van der Waals surface area contributed by atoms with Gasteiger partial charge >= 0.3 is 5.97 Å². The maximum Gasteiger partial charge on any atom is 0.339 e. The summed E-state index contributed by atoms with van der Waals surface area (Å²) < 4.78 is 5.55. The van der Waals surface area contributed by atoms with Crippen LogP contribution >= 0.6 is 0 Å². The molecule has 3 aromatic rings. The number of nitrogens with zero attached hydrogens (tertiary/aromatic N) is 1. The number of amides is 1. The molecule has 1 heterocycles. The van der Waals surface area contributed by atoms with Crippen LogP contribution in [0.3, 0.4) is 0 Å². The highest BCUT2D eigenvalue weighted by Crippen LogP contribution is 2.24. The van der Waals surface area contributed by atoms with Crippen LogP contribution in [0.15, 0.2) is 54.7 Å². The molecule has 0 aliphatic heterocycles. The average Bonchev–Trinajstić information content (AvgIpc) is 3.32. The molecule has 1 aliphatic rings. The highest BCUT2D eigenvalue weighted by atomic mass is 16.5. The summed E-state index contributed by atoms with van der Waals surface area (Å²) in [5, 5.41) is 10.6. The maximum absolute atomic E-state index is 12.6. The summed E-state index contributed by atoms with van der Waals surface area (Å²) in [6.07, 6.45) is 2.65. The fourth-order valence-electron chi connectivity index (χ4n) is 2.64. The van der Waals surface area contributed by atoms with Crippen LogP contribution in [-0.4, -0.2) is 28.1 Å². The summed E-state index contributed by atoms with van der Waals surface area (Å²) in [6.45, 7) is 0. The number of aromatic nitrogens is 2. The third kappa shape index (κ3) is 3.38. The summed E-state index contributed by atoms with van der Waals surface area (Å²) in [5.41, 5.74) is 1.77. The van der Waals surface area contributed by atoms with Gasteiger partial charge in [-0.05, 0) is 25.0 Å². The van der Waals surface area contributed by atoms with E-state index in [0.29, 0.717) is 11.1 Å². The zero-order valence-electron chi connectivity index (χ0n) is 13.4. The Labute approximate surface area is 144 Å². The molecule has 1 aliphatic carbocycles. The Hall–Kier alpha value is -3.15. The molecule has 0 unspecified atom stereocenters. The maximum atomic E-state index is 12.6. The van der Waals surface area contributed by atoms with Gasteiger partial charge in [0.25, 0.3) is 5.91 Å². The van der Waals surface area contributed by atoms with Crippen LogP contribution in [0.4, 0.5) is 0 Å². The lowest BCUT2D eigenvalue weighted by Crippen LogP contribution is -2.33. The normalized spacial score (nSPS) is 14.9. The third-order valence-corrected chi connectivity index (χ3v) is 4.17. The van der Waals surface area contributed by atoms with Crippen LogP contribution in [0.1, 0.15) is 34.9 Å². The van der Waals surface area contributed by atoms with Gasteiger partial charge in [-0.15, -0.1) is 0 Å². The van der Waals surface area contributed by atoms with Crippen LogP contribution in [0, 0.1) is 0 Å². The fourth-order valence-corrected chi connectivity index (χ4v) is 2.64. The molecule has 0 saturated heterocycles. The van der Waals surface area contributed by atoms with Crippen LogP contribution < -0.4 is 5.32 Å². The van der Waals surface area contributed by atoms with Gasteiger partial charge in [0.2, 0.25) is 6.10 Å². The van der Waals surface area contributed by atoms with Crippen molar-refractivity contribution in [3.63, 3.8) is 0 Å². The first-order valence-corrected chi connectivity index (χ1v) is 8.20. The second-order valence-corrected chi connectivity index (χ2v) is 6.15. The number of esters is 1. The van der Waals surface area contributed by atoms with Crippen molar-refractivity contribution in [2.75, 3.05) is 0 Å². The highest BCUT2D eigenvalue weighted by Gasteiger charge is 2.31. The van der Waals surface area contributed by atoms with E-state index in [9.17, 15) is 9.59 Å². The number of benzene rings is 2. The SMILES string of the molecule is O=C(O[C@@H](C(=O)NC1CC1)c1ccccc1)c1ccc2cn[nH]c2c1. The van der Waals surface area contributed by atoms with Crippen molar-refractivity contribution in [3.8, 4) is 0 Å². The smallest absolute Gasteiger partial charge is 0.339 e. The summed E-state index contributed by atoms with van der Waals surface area (Å²) in [6, 6.07) is 14.4. The molecule has 6 nitrogen and oxygen atoms in total. The van der Waals surface area contributed by atoms with Gasteiger partial charge in [0.15, 0.2) is 0 Å². The first-order valence-electron chi connectivity index (χ1n) is 8.20. The van der Waals surface area contributed by atoms with Crippen molar-refractivity contribution in [1.82, 2.24) is 15.5 Å². The molecule has 0 radical (unpaired) electrons. The number of carbonyl (C=O) groups is 2. The summed E-state index contributed by atoms with van der Waals surface area (Å²) >= 11 is 0. The predicted molar refractivity (Wildman–Crippen MR) is 91.9 cm³/mol. The van der Waals surface area contributed by atoms with Gasteiger partial charge in [0.05, 0.1) is 17.3 Å². The summed E-state index contributed by atoms with van der Waals surface area (Å²) in [4.78, 5) is 25.1. The topological polar surface area (TPSA) is 84.1 Å². The van der Waals surface area contributed by atoms with Crippen molar-refractivity contribution in [3.05, 3.63) is 65.9 Å². The quantitative estimate of drug-likeness (QED) is 0.702. The first-order chi connectivity index (χ1) is 12.2.